The molecule has 0 radical (unpaired) electrons. The third kappa shape index (κ3) is 4.07. The number of hydrogen-bond donors (Lipinski definition) is 0. The number of carbonyl (C=O) groups excluding carboxylic acids is 1. The van der Waals surface area contributed by atoms with Crippen molar-refractivity contribution in [2.45, 2.75) is 65.3 Å². The van der Waals surface area contributed by atoms with Gasteiger partial charge in [-0.3, -0.25) is 0 Å². The lowest BCUT2D eigenvalue weighted by atomic mass is 10.1. The van der Waals surface area contributed by atoms with Crippen LogP contribution in [0.2, 0.25) is 18.1 Å². The molecule has 0 aromatic rings. The van der Waals surface area contributed by atoms with Crippen molar-refractivity contribution in [1.29, 1.82) is 0 Å². The Bertz CT molecular complexity index is 170. The average Bonchev–Trinajstić information content (AvgIpc) is 2.31. The maximum Gasteiger partial charge on any atom is 0.192 e. The minimum atomic E-state index is -1.54. The van der Waals surface area contributed by atoms with Gasteiger partial charge in [-0.05, 0) is 24.6 Å². The zero-order valence-corrected chi connectivity index (χ0v) is 11.9. The summed E-state index contributed by atoms with van der Waals surface area (Å²) in [6.07, 6.45) is 2.09. The summed E-state index contributed by atoms with van der Waals surface area (Å²) < 4.78 is 6.30. The van der Waals surface area contributed by atoms with Crippen LogP contribution in [0.25, 0.3) is 0 Å². The Morgan fingerprint density at radius 2 is 1.60 bits per heavy atom. The fourth-order valence-corrected chi connectivity index (χ4v) is 4.99. The van der Waals surface area contributed by atoms with Crippen molar-refractivity contribution in [3.63, 3.8) is 0 Å². The molecule has 0 aromatic carbocycles. The first-order valence-electron chi connectivity index (χ1n) is 6.22. The van der Waals surface area contributed by atoms with E-state index in [4.69, 9.17) is 4.43 Å². The Labute approximate surface area is 95.5 Å². The van der Waals surface area contributed by atoms with Gasteiger partial charge in [-0.1, -0.05) is 34.6 Å². The lowest BCUT2D eigenvalue weighted by Gasteiger charge is -2.34. The molecule has 0 saturated heterocycles. The topological polar surface area (TPSA) is 26.3 Å². The third-order valence-corrected chi connectivity index (χ3v) is 8.21. The molecule has 0 aliphatic rings. The van der Waals surface area contributed by atoms with E-state index in [0.29, 0.717) is 0 Å². The molecule has 2 atom stereocenters. The Morgan fingerprint density at radius 1 is 1.13 bits per heavy atom. The smallest absolute Gasteiger partial charge is 0.192 e. The molecule has 0 aliphatic heterocycles. The molecule has 15 heavy (non-hydrogen) atoms. The highest BCUT2D eigenvalue weighted by atomic mass is 28.4. The van der Waals surface area contributed by atoms with Gasteiger partial charge in [-0.2, -0.15) is 0 Å². The number of aldehydes is 1. The maximum atomic E-state index is 10.8. The van der Waals surface area contributed by atoms with Crippen molar-refractivity contribution in [2.75, 3.05) is 0 Å². The summed E-state index contributed by atoms with van der Waals surface area (Å²) in [5.41, 5.74) is 0. The van der Waals surface area contributed by atoms with E-state index < -0.39 is 8.32 Å². The van der Waals surface area contributed by atoms with Gasteiger partial charge in [-0.15, -0.1) is 0 Å². The van der Waals surface area contributed by atoms with Crippen molar-refractivity contribution in [3.8, 4) is 0 Å². The summed E-state index contributed by atoms with van der Waals surface area (Å²) in [6.45, 7) is 10.7. The molecular formula is C12H26O2Si. The largest absolute Gasteiger partial charge is 0.413 e. The fraction of sp³-hybridized carbons (Fsp3) is 0.917. The van der Waals surface area contributed by atoms with Crippen LogP contribution in [0.5, 0.6) is 0 Å². The Hall–Kier alpha value is -0.153. The van der Waals surface area contributed by atoms with Crippen LogP contribution in [0, 0.1) is 5.92 Å². The lowest BCUT2D eigenvalue weighted by molar-refractivity contribution is -0.113. The van der Waals surface area contributed by atoms with E-state index in [2.05, 4.69) is 27.7 Å². The standard InChI is InChI=1S/C12H26O2Si/c1-6-12(11(5)10-13)14-15(7-2,8-3)9-4/h10-12H,6-9H2,1-5H3/t11-,12-/m1/s1. The van der Waals surface area contributed by atoms with E-state index in [-0.39, 0.29) is 12.0 Å². The number of hydrogen-bond acceptors (Lipinski definition) is 2. The van der Waals surface area contributed by atoms with Gasteiger partial charge in [0.1, 0.15) is 6.29 Å². The van der Waals surface area contributed by atoms with E-state index in [1.807, 2.05) is 6.92 Å². The van der Waals surface area contributed by atoms with Gasteiger partial charge in [0.15, 0.2) is 8.32 Å². The van der Waals surface area contributed by atoms with Crippen molar-refractivity contribution >= 4 is 14.6 Å². The van der Waals surface area contributed by atoms with E-state index in [9.17, 15) is 4.79 Å². The molecule has 0 amide bonds. The highest BCUT2D eigenvalue weighted by Gasteiger charge is 2.32. The minimum absolute atomic E-state index is 0.0338. The van der Waals surface area contributed by atoms with Crippen molar-refractivity contribution in [1.82, 2.24) is 0 Å². The number of rotatable bonds is 8. The molecule has 0 N–H and O–H groups in total. The summed E-state index contributed by atoms with van der Waals surface area (Å²) in [5.74, 6) is 0.0338. The summed E-state index contributed by atoms with van der Waals surface area (Å²) in [6, 6.07) is 3.46. The summed E-state index contributed by atoms with van der Waals surface area (Å²) in [7, 11) is -1.54. The van der Waals surface area contributed by atoms with Gasteiger partial charge >= 0.3 is 0 Å². The predicted octanol–water partition coefficient (Wildman–Crippen LogP) is 3.62. The molecule has 2 nitrogen and oxygen atoms in total. The fourth-order valence-electron chi connectivity index (χ4n) is 1.97. The van der Waals surface area contributed by atoms with Crippen molar-refractivity contribution in [3.05, 3.63) is 0 Å². The van der Waals surface area contributed by atoms with Crippen LogP contribution in [-0.4, -0.2) is 20.7 Å². The van der Waals surface area contributed by atoms with E-state index in [0.717, 1.165) is 30.8 Å². The third-order valence-electron chi connectivity index (χ3n) is 3.54. The SMILES string of the molecule is CC[C@@H](O[Si](CC)(CC)CC)[C@H](C)C=O. The molecule has 0 unspecified atom stereocenters. The molecule has 0 spiro atoms. The minimum Gasteiger partial charge on any atom is -0.413 e. The highest BCUT2D eigenvalue weighted by molar-refractivity contribution is 6.73. The van der Waals surface area contributed by atoms with E-state index >= 15 is 0 Å². The Balaban J connectivity index is 4.54. The molecule has 0 fully saturated rings. The lowest BCUT2D eigenvalue weighted by Crippen LogP contribution is -2.42. The molecule has 0 aromatic heterocycles. The molecule has 0 saturated carbocycles. The predicted molar refractivity (Wildman–Crippen MR) is 67.6 cm³/mol. The van der Waals surface area contributed by atoms with Gasteiger partial charge in [0, 0.05) is 5.92 Å². The van der Waals surface area contributed by atoms with Crippen LogP contribution in [0.15, 0.2) is 0 Å². The average molecular weight is 230 g/mol. The molecule has 0 heterocycles. The van der Waals surface area contributed by atoms with E-state index in [1.165, 1.54) is 0 Å². The summed E-state index contributed by atoms with van der Waals surface area (Å²) in [5, 5.41) is 0. The Kier molecular flexibility index (Phi) is 7.10. The van der Waals surface area contributed by atoms with Gasteiger partial charge in [0.2, 0.25) is 0 Å². The second kappa shape index (κ2) is 7.18. The molecule has 3 heteroatoms. The highest BCUT2D eigenvalue weighted by Crippen LogP contribution is 2.26. The van der Waals surface area contributed by atoms with Gasteiger partial charge in [0.05, 0.1) is 6.10 Å². The molecule has 0 bridgehead atoms. The zero-order chi connectivity index (χ0) is 11.9. The van der Waals surface area contributed by atoms with E-state index in [1.54, 1.807) is 0 Å². The second-order valence-corrected chi connectivity index (χ2v) is 9.03. The van der Waals surface area contributed by atoms with Crippen molar-refractivity contribution < 1.29 is 9.22 Å². The van der Waals surface area contributed by atoms with Crippen LogP contribution < -0.4 is 0 Å². The molecular weight excluding hydrogens is 204 g/mol. The van der Waals surface area contributed by atoms with Crippen LogP contribution in [0.1, 0.15) is 41.0 Å². The summed E-state index contributed by atoms with van der Waals surface area (Å²) in [4.78, 5) is 10.8. The van der Waals surface area contributed by atoms with Crippen LogP contribution >= 0.6 is 0 Å². The first-order valence-corrected chi connectivity index (χ1v) is 8.75. The molecule has 90 valence electrons. The summed E-state index contributed by atoms with van der Waals surface area (Å²) >= 11 is 0. The monoisotopic (exact) mass is 230 g/mol. The first kappa shape index (κ1) is 14.8. The maximum absolute atomic E-state index is 10.8. The molecule has 0 rings (SSSR count). The molecule has 0 aliphatic carbocycles. The first-order chi connectivity index (χ1) is 7.09. The zero-order valence-electron chi connectivity index (χ0n) is 10.9. The number of carbonyl (C=O) groups is 1. The van der Waals surface area contributed by atoms with Crippen LogP contribution in [-0.2, 0) is 9.22 Å². The van der Waals surface area contributed by atoms with Crippen LogP contribution in [0.4, 0.5) is 0 Å². The quantitative estimate of drug-likeness (QED) is 0.470. The van der Waals surface area contributed by atoms with Gasteiger partial charge in [-0.25, -0.2) is 0 Å². The van der Waals surface area contributed by atoms with Gasteiger partial charge in [0.25, 0.3) is 0 Å². The van der Waals surface area contributed by atoms with Gasteiger partial charge < -0.3 is 9.22 Å². The second-order valence-electron chi connectivity index (χ2n) is 4.30. The normalized spacial score (nSPS) is 16.1. The van der Waals surface area contributed by atoms with Crippen molar-refractivity contribution in [2.24, 2.45) is 5.92 Å². The Morgan fingerprint density at radius 3 is 1.87 bits per heavy atom. The van der Waals surface area contributed by atoms with Crippen LogP contribution in [0.3, 0.4) is 0 Å².